The van der Waals surface area contributed by atoms with Gasteiger partial charge in [0.1, 0.15) is 0 Å². The van der Waals surface area contributed by atoms with Gasteiger partial charge in [0, 0.05) is 5.02 Å². The molecule has 0 bridgehead atoms. The molecular weight excluding hydrogens is 184 g/mol. The van der Waals surface area contributed by atoms with Crippen LogP contribution in [0.4, 0.5) is 0 Å². The molecule has 0 atom stereocenters. The Hall–Kier alpha value is -0.530. The zero-order valence-corrected chi connectivity index (χ0v) is 8.80. The molecule has 0 fully saturated rings. The van der Waals surface area contributed by atoms with Crippen LogP contribution in [0, 0.1) is 0 Å². The average molecular weight is 199 g/mol. The Balaban J connectivity index is 2.51. The van der Waals surface area contributed by atoms with Gasteiger partial charge in [-0.05, 0) is 44.4 Å². The molecule has 1 aromatic rings. The van der Waals surface area contributed by atoms with Crippen molar-refractivity contribution >= 4 is 11.6 Å². The first kappa shape index (κ1) is 10.6. The molecule has 0 aromatic heterocycles. The van der Waals surface area contributed by atoms with E-state index in [0.29, 0.717) is 0 Å². The minimum Gasteiger partial charge on any atom is -0.390 e. The predicted molar refractivity (Wildman–Crippen MR) is 56.1 cm³/mol. The van der Waals surface area contributed by atoms with Gasteiger partial charge in [0.05, 0.1) is 5.60 Å². The first-order chi connectivity index (χ1) is 5.97. The molecule has 13 heavy (non-hydrogen) atoms. The second kappa shape index (κ2) is 4.12. The summed E-state index contributed by atoms with van der Waals surface area (Å²) in [4.78, 5) is 0. The molecule has 0 heterocycles. The number of hydrogen-bond acceptors (Lipinski definition) is 1. The molecule has 0 aliphatic carbocycles. The Labute approximate surface area is 84.4 Å². The molecule has 1 nitrogen and oxygen atoms in total. The minimum absolute atomic E-state index is 0.584. The van der Waals surface area contributed by atoms with Crippen molar-refractivity contribution in [3.8, 4) is 0 Å². The van der Waals surface area contributed by atoms with E-state index < -0.39 is 5.60 Å². The maximum absolute atomic E-state index is 9.51. The van der Waals surface area contributed by atoms with Crippen LogP contribution in [0.3, 0.4) is 0 Å². The Morgan fingerprint density at radius 3 is 2.23 bits per heavy atom. The number of halogens is 1. The van der Waals surface area contributed by atoms with Crippen molar-refractivity contribution in [3.63, 3.8) is 0 Å². The largest absolute Gasteiger partial charge is 0.390 e. The predicted octanol–water partition coefficient (Wildman–Crippen LogP) is 3.04. The second-order valence-electron chi connectivity index (χ2n) is 3.94. The van der Waals surface area contributed by atoms with Crippen molar-refractivity contribution in [2.45, 2.75) is 32.3 Å². The van der Waals surface area contributed by atoms with Gasteiger partial charge in [-0.25, -0.2) is 0 Å². The highest BCUT2D eigenvalue weighted by Crippen LogP contribution is 2.15. The highest BCUT2D eigenvalue weighted by atomic mass is 35.5. The zero-order valence-electron chi connectivity index (χ0n) is 8.05. The van der Waals surface area contributed by atoms with E-state index in [4.69, 9.17) is 11.6 Å². The lowest BCUT2D eigenvalue weighted by Gasteiger charge is -2.16. The first-order valence-electron chi connectivity index (χ1n) is 4.44. The van der Waals surface area contributed by atoms with Gasteiger partial charge in [0.25, 0.3) is 0 Å². The van der Waals surface area contributed by atoms with Gasteiger partial charge in [-0.15, -0.1) is 0 Å². The molecular formula is C11H15ClO. The Morgan fingerprint density at radius 2 is 1.77 bits per heavy atom. The number of benzene rings is 1. The lowest BCUT2D eigenvalue weighted by molar-refractivity contribution is 0.0714. The fraction of sp³-hybridized carbons (Fsp3) is 0.455. The summed E-state index contributed by atoms with van der Waals surface area (Å²) in [5.74, 6) is 0. The van der Waals surface area contributed by atoms with Gasteiger partial charge in [-0.1, -0.05) is 23.7 Å². The van der Waals surface area contributed by atoms with Crippen molar-refractivity contribution in [2.24, 2.45) is 0 Å². The number of aliphatic hydroxyl groups is 1. The third-order valence-corrected chi connectivity index (χ3v) is 2.19. The van der Waals surface area contributed by atoms with Gasteiger partial charge in [0.2, 0.25) is 0 Å². The Morgan fingerprint density at radius 1 is 1.23 bits per heavy atom. The fourth-order valence-corrected chi connectivity index (χ4v) is 1.23. The zero-order chi connectivity index (χ0) is 9.90. The lowest BCUT2D eigenvalue weighted by Crippen LogP contribution is -2.19. The SMILES string of the molecule is CC(C)(O)CCc1ccc(Cl)cc1. The van der Waals surface area contributed by atoms with E-state index in [1.165, 1.54) is 5.56 Å². The molecule has 1 rings (SSSR count). The van der Waals surface area contributed by atoms with Crippen molar-refractivity contribution in [3.05, 3.63) is 34.9 Å². The van der Waals surface area contributed by atoms with Crippen LogP contribution in [0.15, 0.2) is 24.3 Å². The summed E-state index contributed by atoms with van der Waals surface area (Å²) in [5.41, 5.74) is 0.631. The van der Waals surface area contributed by atoms with Crippen molar-refractivity contribution < 1.29 is 5.11 Å². The summed E-state index contributed by atoms with van der Waals surface area (Å²) < 4.78 is 0. The summed E-state index contributed by atoms with van der Waals surface area (Å²) in [6.07, 6.45) is 1.66. The van der Waals surface area contributed by atoms with Crippen LogP contribution in [-0.2, 0) is 6.42 Å². The van der Waals surface area contributed by atoms with E-state index in [9.17, 15) is 5.11 Å². The van der Waals surface area contributed by atoms with Crippen LogP contribution < -0.4 is 0 Å². The monoisotopic (exact) mass is 198 g/mol. The summed E-state index contributed by atoms with van der Waals surface area (Å²) in [7, 11) is 0. The molecule has 0 radical (unpaired) electrons. The fourth-order valence-electron chi connectivity index (χ4n) is 1.10. The third-order valence-electron chi connectivity index (χ3n) is 1.94. The number of rotatable bonds is 3. The molecule has 0 saturated carbocycles. The normalized spacial score (nSPS) is 11.7. The van der Waals surface area contributed by atoms with Crippen LogP contribution >= 0.6 is 11.6 Å². The first-order valence-corrected chi connectivity index (χ1v) is 4.82. The van der Waals surface area contributed by atoms with E-state index in [1.807, 2.05) is 38.1 Å². The second-order valence-corrected chi connectivity index (χ2v) is 4.38. The summed E-state index contributed by atoms with van der Waals surface area (Å²) >= 11 is 5.75. The maximum Gasteiger partial charge on any atom is 0.0594 e. The van der Waals surface area contributed by atoms with Crippen LogP contribution in [0.5, 0.6) is 0 Å². The standard InChI is InChI=1S/C11H15ClO/c1-11(2,13)8-7-9-3-5-10(12)6-4-9/h3-6,13H,7-8H2,1-2H3. The van der Waals surface area contributed by atoms with Crippen LogP contribution in [-0.4, -0.2) is 10.7 Å². The topological polar surface area (TPSA) is 20.2 Å². The van der Waals surface area contributed by atoms with Gasteiger partial charge in [-0.3, -0.25) is 0 Å². The van der Waals surface area contributed by atoms with E-state index in [0.717, 1.165) is 17.9 Å². The summed E-state index contributed by atoms with van der Waals surface area (Å²) in [5, 5.41) is 10.3. The van der Waals surface area contributed by atoms with E-state index in [-0.39, 0.29) is 0 Å². The molecule has 0 aliphatic heterocycles. The quantitative estimate of drug-likeness (QED) is 0.792. The summed E-state index contributed by atoms with van der Waals surface area (Å²) in [6, 6.07) is 7.74. The Bertz CT molecular complexity index is 258. The highest BCUT2D eigenvalue weighted by molar-refractivity contribution is 6.30. The molecule has 0 amide bonds. The van der Waals surface area contributed by atoms with E-state index in [1.54, 1.807) is 0 Å². The molecule has 0 saturated heterocycles. The van der Waals surface area contributed by atoms with Crippen molar-refractivity contribution in [2.75, 3.05) is 0 Å². The van der Waals surface area contributed by atoms with Crippen LogP contribution in [0.25, 0.3) is 0 Å². The van der Waals surface area contributed by atoms with Crippen molar-refractivity contribution in [1.82, 2.24) is 0 Å². The number of hydrogen-bond donors (Lipinski definition) is 1. The maximum atomic E-state index is 9.51. The van der Waals surface area contributed by atoms with Gasteiger partial charge >= 0.3 is 0 Å². The van der Waals surface area contributed by atoms with Gasteiger partial charge in [-0.2, -0.15) is 0 Å². The van der Waals surface area contributed by atoms with Crippen molar-refractivity contribution in [1.29, 1.82) is 0 Å². The Kier molecular flexibility index (Phi) is 3.34. The highest BCUT2D eigenvalue weighted by Gasteiger charge is 2.11. The molecule has 2 heteroatoms. The van der Waals surface area contributed by atoms with Gasteiger partial charge in [0.15, 0.2) is 0 Å². The van der Waals surface area contributed by atoms with Crippen LogP contribution in [0.1, 0.15) is 25.8 Å². The summed E-state index contributed by atoms with van der Waals surface area (Å²) in [6.45, 7) is 3.64. The molecule has 1 aromatic carbocycles. The smallest absolute Gasteiger partial charge is 0.0594 e. The minimum atomic E-state index is -0.584. The van der Waals surface area contributed by atoms with E-state index in [2.05, 4.69) is 0 Å². The number of aryl methyl sites for hydroxylation is 1. The molecule has 0 spiro atoms. The molecule has 1 N–H and O–H groups in total. The molecule has 72 valence electrons. The molecule has 0 aliphatic rings. The van der Waals surface area contributed by atoms with E-state index >= 15 is 0 Å². The average Bonchev–Trinajstić information content (AvgIpc) is 2.02. The van der Waals surface area contributed by atoms with Gasteiger partial charge < -0.3 is 5.11 Å². The molecule has 0 unspecified atom stereocenters. The lowest BCUT2D eigenvalue weighted by atomic mass is 9.99. The third kappa shape index (κ3) is 4.30. The van der Waals surface area contributed by atoms with Crippen LogP contribution in [0.2, 0.25) is 5.02 Å².